The van der Waals surface area contributed by atoms with Crippen molar-refractivity contribution in [3.05, 3.63) is 36.5 Å². The summed E-state index contributed by atoms with van der Waals surface area (Å²) in [7, 11) is 0. The number of para-hydroxylation sites is 1. The molecular weight excluding hydrogens is 346 g/mol. The van der Waals surface area contributed by atoms with Crippen molar-refractivity contribution in [2.45, 2.75) is 39.7 Å². The molecule has 27 heavy (non-hydrogen) atoms. The molecule has 2 atom stereocenters. The number of hydrogen-bond donors (Lipinski definition) is 4. The van der Waals surface area contributed by atoms with Gasteiger partial charge >= 0.3 is 5.97 Å². The number of carbonyl (C=O) groups is 3. The van der Waals surface area contributed by atoms with Crippen molar-refractivity contribution in [1.29, 1.82) is 0 Å². The summed E-state index contributed by atoms with van der Waals surface area (Å²) in [5, 5.41) is 12.2. The van der Waals surface area contributed by atoms with Gasteiger partial charge in [0.05, 0.1) is 12.5 Å². The van der Waals surface area contributed by atoms with Gasteiger partial charge in [-0.05, 0) is 23.4 Å². The number of nitrogens with two attached hydrogens (primary N) is 1. The summed E-state index contributed by atoms with van der Waals surface area (Å²) in [5.74, 6) is -2.07. The summed E-state index contributed by atoms with van der Waals surface area (Å²) in [6, 6.07) is 9.36. The quantitative estimate of drug-likeness (QED) is 0.563. The van der Waals surface area contributed by atoms with Gasteiger partial charge in [-0.2, -0.15) is 0 Å². The zero-order valence-corrected chi connectivity index (χ0v) is 16.1. The van der Waals surface area contributed by atoms with Gasteiger partial charge in [0.15, 0.2) is 0 Å². The third-order valence-electron chi connectivity index (χ3n) is 4.23. The number of aromatic amines is 1. The van der Waals surface area contributed by atoms with E-state index < -0.39 is 23.8 Å². The largest absolute Gasteiger partial charge is 0.481 e. The number of aliphatic carboxylic acids is 1. The number of carboxylic acids is 1. The third kappa shape index (κ3) is 7.22. The second kappa shape index (κ2) is 11.1. The average molecular weight is 375 g/mol. The summed E-state index contributed by atoms with van der Waals surface area (Å²) in [5.41, 5.74) is 6.98. The van der Waals surface area contributed by atoms with Crippen LogP contribution in [0.4, 0.5) is 0 Å². The van der Waals surface area contributed by atoms with Crippen LogP contribution in [0.5, 0.6) is 0 Å². The second-order valence-corrected chi connectivity index (χ2v) is 6.62. The number of amides is 1. The highest BCUT2D eigenvalue weighted by molar-refractivity contribution is 5.91. The fraction of sp³-hybridized carbons (Fsp3) is 0.450. The summed E-state index contributed by atoms with van der Waals surface area (Å²) >= 11 is 0. The Morgan fingerprint density at radius 3 is 2.41 bits per heavy atom. The molecule has 148 valence electrons. The molecule has 0 aliphatic heterocycles. The van der Waals surface area contributed by atoms with Gasteiger partial charge in [0, 0.05) is 30.6 Å². The number of carbonyl (C=O) groups excluding carboxylic acids is 2. The van der Waals surface area contributed by atoms with Crippen LogP contribution in [-0.2, 0) is 14.4 Å². The Hall–Kier alpha value is -2.67. The molecule has 0 saturated carbocycles. The molecule has 1 unspecified atom stereocenters. The van der Waals surface area contributed by atoms with Crippen molar-refractivity contribution in [2.24, 2.45) is 17.6 Å². The Balaban J connectivity index is 0.000000330. The molecule has 0 aliphatic rings. The summed E-state index contributed by atoms with van der Waals surface area (Å²) in [6.45, 7) is 5.42. The highest BCUT2D eigenvalue weighted by Crippen LogP contribution is 2.17. The van der Waals surface area contributed by atoms with Crippen molar-refractivity contribution in [2.75, 3.05) is 6.54 Å². The fourth-order valence-corrected chi connectivity index (χ4v) is 2.79. The maximum absolute atomic E-state index is 11.7. The molecule has 0 fully saturated rings. The van der Waals surface area contributed by atoms with Crippen LogP contribution in [0, 0.1) is 11.8 Å². The first-order valence-electron chi connectivity index (χ1n) is 9.07. The first-order chi connectivity index (χ1) is 12.8. The number of rotatable bonds is 8. The van der Waals surface area contributed by atoms with Gasteiger partial charge in [0.2, 0.25) is 5.91 Å². The van der Waals surface area contributed by atoms with Crippen LogP contribution < -0.4 is 11.1 Å². The molecule has 5 N–H and O–H groups in total. The lowest BCUT2D eigenvalue weighted by atomic mass is 9.84. The lowest BCUT2D eigenvalue weighted by Gasteiger charge is -2.24. The molecule has 1 aromatic heterocycles. The van der Waals surface area contributed by atoms with E-state index in [1.54, 1.807) is 6.92 Å². The molecule has 7 nitrogen and oxygen atoms in total. The summed E-state index contributed by atoms with van der Waals surface area (Å²) in [6.07, 6.45) is 2.12. The zero-order chi connectivity index (χ0) is 20.4. The molecule has 2 rings (SSSR count). The van der Waals surface area contributed by atoms with Gasteiger partial charge in [-0.3, -0.25) is 14.4 Å². The lowest BCUT2D eigenvalue weighted by Crippen LogP contribution is -2.50. The van der Waals surface area contributed by atoms with Crippen molar-refractivity contribution in [3.8, 4) is 0 Å². The number of ketones is 1. The van der Waals surface area contributed by atoms with Gasteiger partial charge in [0.25, 0.3) is 0 Å². The van der Waals surface area contributed by atoms with Crippen LogP contribution in [0.15, 0.2) is 36.5 Å². The normalized spacial score (nSPS) is 12.8. The number of fused-ring (bicyclic) bond motifs is 1. The van der Waals surface area contributed by atoms with E-state index in [4.69, 9.17) is 10.8 Å². The molecule has 1 heterocycles. The van der Waals surface area contributed by atoms with Gasteiger partial charge < -0.3 is 21.1 Å². The molecule has 0 aliphatic carbocycles. The van der Waals surface area contributed by atoms with E-state index in [1.165, 1.54) is 10.9 Å². The van der Waals surface area contributed by atoms with E-state index >= 15 is 0 Å². The van der Waals surface area contributed by atoms with E-state index in [-0.39, 0.29) is 24.7 Å². The Kier molecular flexibility index (Phi) is 9.22. The maximum Gasteiger partial charge on any atom is 0.305 e. The molecule has 1 amide bonds. The minimum Gasteiger partial charge on any atom is -0.481 e. The summed E-state index contributed by atoms with van der Waals surface area (Å²) < 4.78 is 0. The van der Waals surface area contributed by atoms with Crippen LogP contribution in [0.2, 0.25) is 0 Å². The topological polar surface area (TPSA) is 125 Å². The monoisotopic (exact) mass is 375 g/mol. The molecule has 0 bridgehead atoms. The highest BCUT2D eigenvalue weighted by atomic mass is 16.4. The van der Waals surface area contributed by atoms with Crippen LogP contribution in [0.3, 0.4) is 0 Å². The predicted octanol–water partition coefficient (Wildman–Crippen LogP) is 2.32. The first-order valence-corrected chi connectivity index (χ1v) is 9.07. The minimum absolute atomic E-state index is 0.0208. The number of benzene rings is 1. The standard InChI is InChI=1S/C12H22N2O4.C8H7N/c1-4-8(15)10(7(2)3)11(13)12(18)14-6-5-9(16)17;1-2-4-8-7(3-1)5-6-9-8/h7,10-11H,4-6,13H2,1-3H3,(H,14,18)(H,16,17);1-6,9H/t10?,11-;/m0./s1. The van der Waals surface area contributed by atoms with Crippen LogP contribution in [0.1, 0.15) is 33.6 Å². The first kappa shape index (κ1) is 22.4. The van der Waals surface area contributed by atoms with Gasteiger partial charge in [-0.15, -0.1) is 0 Å². The lowest BCUT2D eigenvalue weighted by molar-refractivity contribution is -0.137. The van der Waals surface area contributed by atoms with Gasteiger partial charge in [0.1, 0.15) is 5.78 Å². The van der Waals surface area contributed by atoms with E-state index in [9.17, 15) is 14.4 Å². The number of Topliss-reactive ketones (excluding diaryl/α,β-unsaturated/α-hetero) is 1. The fourth-order valence-electron chi connectivity index (χ4n) is 2.79. The van der Waals surface area contributed by atoms with Crippen molar-refractivity contribution < 1.29 is 19.5 Å². The molecule has 1 aromatic carbocycles. The van der Waals surface area contributed by atoms with Crippen molar-refractivity contribution >= 4 is 28.6 Å². The number of carboxylic acid groups (broad SMARTS) is 1. The number of aromatic nitrogens is 1. The average Bonchev–Trinajstić information content (AvgIpc) is 3.10. The van der Waals surface area contributed by atoms with E-state index in [2.05, 4.69) is 28.5 Å². The van der Waals surface area contributed by atoms with Crippen LogP contribution >= 0.6 is 0 Å². The van der Waals surface area contributed by atoms with Crippen molar-refractivity contribution in [3.63, 3.8) is 0 Å². The molecule has 0 saturated heterocycles. The van der Waals surface area contributed by atoms with Crippen LogP contribution in [-0.4, -0.2) is 40.3 Å². The Labute approximate surface area is 159 Å². The van der Waals surface area contributed by atoms with Gasteiger partial charge in [-0.1, -0.05) is 39.0 Å². The van der Waals surface area contributed by atoms with E-state index in [0.29, 0.717) is 6.42 Å². The zero-order valence-electron chi connectivity index (χ0n) is 16.1. The SMILES string of the molecule is CCC(=O)C(C(C)C)[C@H](N)C(=O)NCCC(=O)O.c1ccc2[nH]ccc2c1. The van der Waals surface area contributed by atoms with Gasteiger partial charge in [-0.25, -0.2) is 0 Å². The Morgan fingerprint density at radius 2 is 1.85 bits per heavy atom. The Bertz CT molecular complexity index is 724. The Morgan fingerprint density at radius 1 is 1.19 bits per heavy atom. The molecular formula is C20H29N3O4. The predicted molar refractivity (Wildman–Crippen MR) is 105 cm³/mol. The van der Waals surface area contributed by atoms with Crippen molar-refractivity contribution in [1.82, 2.24) is 10.3 Å². The maximum atomic E-state index is 11.7. The highest BCUT2D eigenvalue weighted by Gasteiger charge is 2.31. The molecule has 2 aromatic rings. The second-order valence-electron chi connectivity index (χ2n) is 6.62. The summed E-state index contributed by atoms with van der Waals surface area (Å²) in [4.78, 5) is 36.9. The van der Waals surface area contributed by atoms with Crippen LogP contribution in [0.25, 0.3) is 10.9 Å². The third-order valence-corrected chi connectivity index (χ3v) is 4.23. The van der Waals surface area contributed by atoms with E-state index in [1.807, 2.05) is 32.2 Å². The molecule has 0 spiro atoms. The molecule has 0 radical (unpaired) electrons. The number of hydrogen-bond acceptors (Lipinski definition) is 4. The minimum atomic E-state index is -0.992. The number of H-pyrrole nitrogens is 1. The molecule has 7 heteroatoms. The number of nitrogens with one attached hydrogen (secondary N) is 2. The van der Waals surface area contributed by atoms with E-state index in [0.717, 1.165) is 0 Å². The smallest absolute Gasteiger partial charge is 0.305 e.